The standard InChI is InChI=1S/C31H44N3O11P/c1-3-18-39-28(35)23-34(2)29(32)33-46(38,44-21-12-10-19-40-30(36)42-24-26-14-6-4-7-15-26)45-22-13-11-20-41-31(37)43-25-27-16-8-5-9-17-27/h4-9,14-17H,3,10-13,18-25H2,1-2H3,(H2,32,33,38). The van der Waals surface area contributed by atoms with Gasteiger partial charge in [-0.1, -0.05) is 67.6 Å². The predicted molar refractivity (Wildman–Crippen MR) is 169 cm³/mol. The van der Waals surface area contributed by atoms with E-state index in [9.17, 15) is 18.9 Å². The third kappa shape index (κ3) is 17.4. The van der Waals surface area contributed by atoms with Crippen LogP contribution in [-0.4, -0.2) is 75.8 Å². The number of ether oxygens (including phenoxy) is 5. The van der Waals surface area contributed by atoms with Crippen LogP contribution < -0.4 is 5.73 Å². The Bertz CT molecular complexity index is 1180. The van der Waals surface area contributed by atoms with E-state index in [0.717, 1.165) is 11.1 Å². The quantitative estimate of drug-likeness (QED) is 0.0436. The van der Waals surface area contributed by atoms with Gasteiger partial charge in [0.2, 0.25) is 5.96 Å². The number of unbranched alkanes of at least 4 members (excludes halogenated alkanes) is 2. The van der Waals surface area contributed by atoms with E-state index in [1.54, 1.807) is 0 Å². The van der Waals surface area contributed by atoms with E-state index >= 15 is 0 Å². The van der Waals surface area contributed by atoms with Crippen molar-refractivity contribution in [3.05, 3.63) is 71.8 Å². The van der Waals surface area contributed by atoms with E-state index in [2.05, 4.69) is 4.76 Å². The van der Waals surface area contributed by atoms with Gasteiger partial charge in [0.1, 0.15) is 19.8 Å². The Morgan fingerprint density at radius 3 is 1.61 bits per heavy atom. The fraction of sp³-hybridized carbons (Fsp3) is 0.484. The van der Waals surface area contributed by atoms with Gasteiger partial charge >= 0.3 is 26.0 Å². The molecular weight excluding hydrogens is 621 g/mol. The van der Waals surface area contributed by atoms with Gasteiger partial charge in [-0.05, 0) is 43.2 Å². The molecule has 0 fully saturated rings. The number of nitrogens with zero attached hydrogens (tertiary/aromatic N) is 2. The highest BCUT2D eigenvalue weighted by Gasteiger charge is 2.26. The first-order chi connectivity index (χ1) is 22.2. The lowest BCUT2D eigenvalue weighted by atomic mass is 10.2. The van der Waals surface area contributed by atoms with Crippen LogP contribution in [0.3, 0.4) is 0 Å². The van der Waals surface area contributed by atoms with Crippen molar-refractivity contribution >= 4 is 32.0 Å². The van der Waals surface area contributed by atoms with Crippen LogP contribution >= 0.6 is 7.75 Å². The summed E-state index contributed by atoms with van der Waals surface area (Å²) in [6.07, 6.45) is 0.548. The van der Waals surface area contributed by atoms with Crippen molar-refractivity contribution in [2.75, 3.05) is 46.6 Å². The van der Waals surface area contributed by atoms with Crippen molar-refractivity contribution in [3.63, 3.8) is 0 Å². The summed E-state index contributed by atoms with van der Waals surface area (Å²) >= 11 is 0. The highest BCUT2D eigenvalue weighted by atomic mass is 31.2. The van der Waals surface area contributed by atoms with Crippen LogP contribution in [-0.2, 0) is 55.3 Å². The zero-order valence-electron chi connectivity index (χ0n) is 26.4. The highest BCUT2D eigenvalue weighted by Crippen LogP contribution is 2.50. The molecule has 0 aliphatic rings. The van der Waals surface area contributed by atoms with Gasteiger partial charge in [0, 0.05) is 7.05 Å². The van der Waals surface area contributed by atoms with Crippen molar-refractivity contribution < 1.29 is 51.7 Å². The molecule has 0 aliphatic carbocycles. The van der Waals surface area contributed by atoms with Crippen LogP contribution in [0.2, 0.25) is 0 Å². The summed E-state index contributed by atoms with van der Waals surface area (Å²) in [6, 6.07) is 18.4. The lowest BCUT2D eigenvalue weighted by molar-refractivity contribution is -0.143. The van der Waals surface area contributed by atoms with Crippen LogP contribution in [0.1, 0.15) is 50.2 Å². The first-order valence-corrected chi connectivity index (χ1v) is 16.5. The molecule has 0 atom stereocenters. The summed E-state index contributed by atoms with van der Waals surface area (Å²) < 4.78 is 53.7. The van der Waals surface area contributed by atoms with Gasteiger partial charge in [-0.15, -0.1) is 4.76 Å². The van der Waals surface area contributed by atoms with Gasteiger partial charge in [0.15, 0.2) is 0 Å². The largest absolute Gasteiger partial charge is 0.508 e. The fourth-order valence-corrected chi connectivity index (χ4v) is 4.74. The Morgan fingerprint density at radius 2 is 1.15 bits per heavy atom. The van der Waals surface area contributed by atoms with E-state index in [4.69, 9.17) is 38.5 Å². The Morgan fingerprint density at radius 1 is 0.696 bits per heavy atom. The Balaban J connectivity index is 1.77. The molecule has 0 aromatic heterocycles. The van der Waals surface area contributed by atoms with Crippen LogP contribution in [0.15, 0.2) is 65.4 Å². The second kappa shape index (κ2) is 22.4. The second-order valence-corrected chi connectivity index (χ2v) is 11.5. The number of carbonyl (C=O) groups is 3. The second-order valence-electron chi connectivity index (χ2n) is 9.83. The number of rotatable bonds is 21. The number of benzene rings is 2. The lowest BCUT2D eigenvalue weighted by Crippen LogP contribution is -2.38. The van der Waals surface area contributed by atoms with Crippen LogP contribution in [0.4, 0.5) is 9.59 Å². The van der Waals surface area contributed by atoms with E-state index in [0.29, 0.717) is 32.1 Å². The van der Waals surface area contributed by atoms with E-state index < -0.39 is 26.0 Å². The number of hydrogen-bond acceptors (Lipinski definition) is 11. The molecule has 2 aromatic carbocycles. The summed E-state index contributed by atoms with van der Waals surface area (Å²) in [5, 5.41) is 0. The third-order valence-corrected chi connectivity index (χ3v) is 7.34. The van der Waals surface area contributed by atoms with Gasteiger partial charge < -0.3 is 34.3 Å². The number of carbonyl (C=O) groups excluding carboxylic acids is 3. The summed E-state index contributed by atoms with van der Waals surface area (Å²) in [6.45, 7) is 2.13. The van der Waals surface area contributed by atoms with Crippen molar-refractivity contribution in [1.82, 2.24) is 4.90 Å². The number of guanidine groups is 1. The molecule has 0 saturated heterocycles. The van der Waals surface area contributed by atoms with E-state index in [1.807, 2.05) is 67.6 Å². The number of esters is 1. The van der Waals surface area contributed by atoms with Crippen molar-refractivity contribution in [1.29, 1.82) is 0 Å². The van der Waals surface area contributed by atoms with Gasteiger partial charge in [-0.25, -0.2) is 14.2 Å². The van der Waals surface area contributed by atoms with Crippen LogP contribution in [0, 0.1) is 0 Å². The van der Waals surface area contributed by atoms with Crippen molar-refractivity contribution in [2.45, 2.75) is 52.2 Å². The first kappa shape index (κ1) is 38.1. The summed E-state index contributed by atoms with van der Waals surface area (Å²) in [7, 11) is -2.63. The summed E-state index contributed by atoms with van der Waals surface area (Å²) in [5.41, 5.74) is 7.65. The first-order valence-electron chi connectivity index (χ1n) is 15.0. The Kier molecular flexibility index (Phi) is 18.5. The topological polar surface area (TPSA) is 175 Å². The number of nitrogens with two attached hydrogens (primary N) is 1. The summed E-state index contributed by atoms with van der Waals surface area (Å²) in [4.78, 5) is 36.8. The maximum atomic E-state index is 13.4. The molecule has 0 aliphatic heterocycles. The summed E-state index contributed by atoms with van der Waals surface area (Å²) in [5.74, 6) is -0.769. The molecule has 2 N–H and O–H groups in total. The fourth-order valence-electron chi connectivity index (χ4n) is 3.43. The molecule has 0 bridgehead atoms. The molecule has 15 heteroatoms. The molecule has 0 radical (unpaired) electrons. The lowest BCUT2D eigenvalue weighted by Gasteiger charge is -2.20. The molecule has 46 heavy (non-hydrogen) atoms. The zero-order valence-corrected chi connectivity index (χ0v) is 27.3. The van der Waals surface area contributed by atoms with Crippen LogP contribution in [0.25, 0.3) is 0 Å². The monoisotopic (exact) mass is 665 g/mol. The molecule has 0 heterocycles. The van der Waals surface area contributed by atoms with Crippen LogP contribution in [0.5, 0.6) is 0 Å². The number of likely N-dealkylation sites (N-methyl/N-ethyl adjacent to an activating group) is 1. The molecule has 254 valence electrons. The SMILES string of the molecule is CCCOC(=O)CN(C)/C(N)=N/P(=O)(OCCCCOC(=O)OCc1ccccc1)OCCCCOC(=O)OCc1ccccc1. The third-order valence-electron chi connectivity index (χ3n) is 5.87. The molecule has 0 amide bonds. The minimum atomic E-state index is -4.11. The molecule has 2 rings (SSSR count). The maximum Gasteiger partial charge on any atom is 0.508 e. The minimum absolute atomic E-state index is 0.0465. The van der Waals surface area contributed by atoms with E-state index in [-0.39, 0.29) is 58.8 Å². The van der Waals surface area contributed by atoms with Gasteiger partial charge in [0.25, 0.3) is 0 Å². The normalized spacial score (nSPS) is 11.4. The number of hydrogen-bond donors (Lipinski definition) is 1. The Hall–Kier alpha value is -4.13. The molecule has 14 nitrogen and oxygen atoms in total. The Labute approximate surface area is 269 Å². The highest BCUT2D eigenvalue weighted by molar-refractivity contribution is 7.52. The predicted octanol–water partition coefficient (Wildman–Crippen LogP) is 5.59. The molecular formula is C31H44N3O11P. The average molecular weight is 666 g/mol. The minimum Gasteiger partial charge on any atom is -0.464 e. The zero-order chi connectivity index (χ0) is 33.5. The van der Waals surface area contributed by atoms with Crippen molar-refractivity contribution in [2.24, 2.45) is 10.5 Å². The molecule has 0 unspecified atom stereocenters. The van der Waals surface area contributed by atoms with Gasteiger partial charge in [-0.2, -0.15) is 0 Å². The van der Waals surface area contributed by atoms with Gasteiger partial charge in [0.05, 0.1) is 33.0 Å². The molecule has 0 spiro atoms. The van der Waals surface area contributed by atoms with E-state index in [1.165, 1.54) is 11.9 Å². The molecule has 0 saturated carbocycles. The maximum absolute atomic E-state index is 13.4. The smallest absolute Gasteiger partial charge is 0.464 e. The average Bonchev–Trinajstić information content (AvgIpc) is 3.06. The molecule has 2 aromatic rings. The van der Waals surface area contributed by atoms with Gasteiger partial charge in [-0.3, -0.25) is 13.8 Å². The van der Waals surface area contributed by atoms with Crippen molar-refractivity contribution in [3.8, 4) is 0 Å².